The van der Waals surface area contributed by atoms with Crippen LogP contribution in [0.1, 0.15) is 22.8 Å². The zero-order valence-corrected chi connectivity index (χ0v) is 19.3. The number of ether oxygens (including phenoxy) is 4. The van der Waals surface area contributed by atoms with Crippen LogP contribution in [0.15, 0.2) is 69.9 Å². The maximum atomic E-state index is 13.5. The summed E-state index contributed by atoms with van der Waals surface area (Å²) >= 11 is 0. The molecule has 34 heavy (non-hydrogen) atoms. The zero-order valence-electron chi connectivity index (χ0n) is 19.3. The van der Waals surface area contributed by atoms with E-state index in [4.69, 9.17) is 23.4 Å². The van der Waals surface area contributed by atoms with Crippen molar-refractivity contribution >= 4 is 16.9 Å². The van der Waals surface area contributed by atoms with Gasteiger partial charge < -0.3 is 23.4 Å². The summed E-state index contributed by atoms with van der Waals surface area (Å²) in [6, 6.07) is 17.0. The number of esters is 1. The highest BCUT2D eigenvalue weighted by atomic mass is 16.5. The molecule has 0 saturated carbocycles. The molecule has 0 atom stereocenters. The van der Waals surface area contributed by atoms with E-state index in [9.17, 15) is 9.59 Å². The summed E-state index contributed by atoms with van der Waals surface area (Å²) in [5, 5.41) is 0.340. The minimum absolute atomic E-state index is 0.151. The summed E-state index contributed by atoms with van der Waals surface area (Å²) in [6.45, 7) is 1.99. The number of benzene rings is 3. The topological polar surface area (TPSA) is 84.2 Å². The molecule has 0 aliphatic rings. The number of hydrogen-bond acceptors (Lipinski definition) is 7. The van der Waals surface area contributed by atoms with Crippen LogP contribution in [0.4, 0.5) is 0 Å². The highest BCUT2D eigenvalue weighted by Gasteiger charge is 2.22. The van der Waals surface area contributed by atoms with Gasteiger partial charge in [0.1, 0.15) is 11.3 Å². The van der Waals surface area contributed by atoms with E-state index < -0.39 is 11.4 Å². The third kappa shape index (κ3) is 4.32. The SMILES string of the molecule is CCc1ccc2oc(-c3ccc(OC)cc3)c(OC(=O)c3ccc(OC)c(OC)c3)c(=O)c2c1. The second-order valence-corrected chi connectivity index (χ2v) is 7.46. The molecule has 0 aliphatic carbocycles. The molecule has 174 valence electrons. The van der Waals surface area contributed by atoms with Gasteiger partial charge in [-0.15, -0.1) is 0 Å². The van der Waals surface area contributed by atoms with E-state index in [1.54, 1.807) is 49.6 Å². The first-order valence-electron chi connectivity index (χ1n) is 10.7. The molecule has 0 aliphatic heterocycles. The second-order valence-electron chi connectivity index (χ2n) is 7.46. The molecule has 7 nitrogen and oxygen atoms in total. The Morgan fingerprint density at radius 2 is 1.59 bits per heavy atom. The van der Waals surface area contributed by atoms with Crippen LogP contribution < -0.4 is 24.4 Å². The number of methoxy groups -OCH3 is 3. The van der Waals surface area contributed by atoms with Crippen LogP contribution in [-0.2, 0) is 6.42 Å². The molecule has 0 N–H and O–H groups in total. The fraction of sp³-hybridized carbons (Fsp3) is 0.185. The van der Waals surface area contributed by atoms with E-state index in [0.29, 0.717) is 33.8 Å². The van der Waals surface area contributed by atoms with Gasteiger partial charge in [0.25, 0.3) is 0 Å². The Balaban J connectivity index is 1.85. The van der Waals surface area contributed by atoms with Gasteiger partial charge in [-0.05, 0) is 66.6 Å². The molecule has 0 spiro atoms. The molecule has 0 fully saturated rings. The molecule has 7 heteroatoms. The molecule has 0 saturated heterocycles. The summed E-state index contributed by atoms with van der Waals surface area (Å²) < 4.78 is 27.5. The molecule has 3 aromatic carbocycles. The molecule has 1 aromatic heterocycles. The quantitative estimate of drug-likeness (QED) is 0.348. The summed E-state index contributed by atoms with van der Waals surface area (Å²) in [4.78, 5) is 26.6. The smallest absolute Gasteiger partial charge is 0.343 e. The predicted molar refractivity (Wildman–Crippen MR) is 128 cm³/mol. The third-order valence-corrected chi connectivity index (χ3v) is 5.49. The van der Waals surface area contributed by atoms with Crippen molar-refractivity contribution in [3.63, 3.8) is 0 Å². The van der Waals surface area contributed by atoms with Gasteiger partial charge in [-0.3, -0.25) is 4.79 Å². The Hall–Kier alpha value is -4.26. The van der Waals surface area contributed by atoms with Gasteiger partial charge in [-0.1, -0.05) is 13.0 Å². The summed E-state index contributed by atoms with van der Waals surface area (Å²) in [6.07, 6.45) is 0.746. The average Bonchev–Trinajstić information content (AvgIpc) is 2.89. The van der Waals surface area contributed by atoms with Gasteiger partial charge in [-0.2, -0.15) is 0 Å². The van der Waals surface area contributed by atoms with E-state index in [1.807, 2.05) is 13.0 Å². The lowest BCUT2D eigenvalue weighted by molar-refractivity contribution is 0.0731. The van der Waals surface area contributed by atoms with Crippen molar-refractivity contribution in [1.29, 1.82) is 0 Å². The Morgan fingerprint density at radius 3 is 2.24 bits per heavy atom. The van der Waals surface area contributed by atoms with Gasteiger partial charge >= 0.3 is 5.97 Å². The third-order valence-electron chi connectivity index (χ3n) is 5.49. The second kappa shape index (κ2) is 9.70. The van der Waals surface area contributed by atoms with Crippen LogP contribution in [0.5, 0.6) is 23.0 Å². The maximum Gasteiger partial charge on any atom is 0.343 e. The Morgan fingerprint density at radius 1 is 0.853 bits per heavy atom. The van der Waals surface area contributed by atoms with Crippen LogP contribution in [0.2, 0.25) is 0 Å². The fourth-order valence-electron chi connectivity index (χ4n) is 3.59. The highest BCUT2D eigenvalue weighted by molar-refractivity contribution is 5.93. The van der Waals surface area contributed by atoms with Crippen LogP contribution in [0.25, 0.3) is 22.3 Å². The van der Waals surface area contributed by atoms with Crippen LogP contribution >= 0.6 is 0 Å². The minimum atomic E-state index is -0.728. The number of carbonyl (C=O) groups excluding carboxylic acids is 1. The van der Waals surface area contributed by atoms with Crippen LogP contribution in [0.3, 0.4) is 0 Å². The molecular formula is C27H24O7. The van der Waals surface area contributed by atoms with Crippen molar-refractivity contribution in [1.82, 2.24) is 0 Å². The molecule has 0 amide bonds. The molecule has 1 heterocycles. The lowest BCUT2D eigenvalue weighted by Crippen LogP contribution is -2.16. The first-order chi connectivity index (χ1) is 16.5. The molecular weight excluding hydrogens is 436 g/mol. The van der Waals surface area contributed by atoms with Gasteiger partial charge in [0.05, 0.1) is 32.3 Å². The van der Waals surface area contributed by atoms with Crippen LogP contribution in [0, 0.1) is 0 Å². The fourth-order valence-corrected chi connectivity index (χ4v) is 3.59. The zero-order chi connectivity index (χ0) is 24.2. The lowest BCUT2D eigenvalue weighted by Gasteiger charge is -2.13. The van der Waals surface area contributed by atoms with E-state index in [1.165, 1.54) is 26.4 Å². The number of aryl methyl sites for hydroxylation is 1. The molecule has 0 radical (unpaired) electrons. The van der Waals surface area contributed by atoms with Gasteiger partial charge in [0.2, 0.25) is 11.2 Å². The van der Waals surface area contributed by atoms with Crippen molar-refractivity contribution < 1.29 is 28.2 Å². The Bertz CT molecular complexity index is 1400. The van der Waals surface area contributed by atoms with E-state index in [-0.39, 0.29) is 17.1 Å². The monoisotopic (exact) mass is 460 g/mol. The first kappa shape index (κ1) is 22.9. The molecule has 0 unspecified atom stereocenters. The number of hydrogen-bond donors (Lipinski definition) is 0. The van der Waals surface area contributed by atoms with E-state index in [2.05, 4.69) is 0 Å². The highest BCUT2D eigenvalue weighted by Crippen LogP contribution is 2.33. The van der Waals surface area contributed by atoms with Crippen molar-refractivity contribution in [2.45, 2.75) is 13.3 Å². The number of fused-ring (bicyclic) bond motifs is 1. The first-order valence-corrected chi connectivity index (χ1v) is 10.7. The summed E-state index contributed by atoms with van der Waals surface area (Å²) in [7, 11) is 4.53. The van der Waals surface area contributed by atoms with Gasteiger partial charge in [0, 0.05) is 5.56 Å². The minimum Gasteiger partial charge on any atom is -0.497 e. The van der Waals surface area contributed by atoms with Crippen molar-refractivity contribution in [3.8, 4) is 34.3 Å². The van der Waals surface area contributed by atoms with E-state index >= 15 is 0 Å². The maximum absolute atomic E-state index is 13.5. The Labute approximate surface area is 196 Å². The van der Waals surface area contributed by atoms with E-state index in [0.717, 1.165) is 12.0 Å². The molecule has 0 bridgehead atoms. The normalized spacial score (nSPS) is 10.7. The summed E-state index contributed by atoms with van der Waals surface area (Å²) in [5.41, 5.74) is 1.69. The standard InChI is InChI=1S/C27H24O7/c1-5-16-6-12-21-20(14-16)24(28)26(25(33-21)17-7-10-19(30-2)11-8-17)34-27(29)18-9-13-22(31-3)23(15-18)32-4/h6-15H,5H2,1-4H3. The summed E-state index contributed by atoms with van der Waals surface area (Å²) in [5.74, 6) is 0.710. The average molecular weight is 460 g/mol. The lowest BCUT2D eigenvalue weighted by atomic mass is 10.1. The van der Waals surface area contributed by atoms with Crippen molar-refractivity contribution in [2.75, 3.05) is 21.3 Å². The van der Waals surface area contributed by atoms with Crippen LogP contribution in [-0.4, -0.2) is 27.3 Å². The van der Waals surface area contributed by atoms with Gasteiger partial charge in [-0.25, -0.2) is 4.79 Å². The Kier molecular flexibility index (Phi) is 6.54. The number of rotatable bonds is 7. The largest absolute Gasteiger partial charge is 0.497 e. The van der Waals surface area contributed by atoms with Gasteiger partial charge in [0.15, 0.2) is 17.3 Å². The predicted octanol–water partition coefficient (Wildman–Crippen LogP) is 5.27. The number of carbonyl (C=O) groups is 1. The van der Waals surface area contributed by atoms with Crippen molar-refractivity contribution in [3.05, 3.63) is 82.0 Å². The molecule has 4 rings (SSSR count). The van der Waals surface area contributed by atoms with Crippen molar-refractivity contribution in [2.24, 2.45) is 0 Å². The molecule has 4 aromatic rings.